The first-order valence-corrected chi connectivity index (χ1v) is 10.7. The van der Waals surface area contributed by atoms with Crippen LogP contribution in [0.25, 0.3) is 0 Å². The lowest BCUT2D eigenvalue weighted by atomic mass is 9.91. The largest absolute Gasteiger partial charge is 0.474 e. The van der Waals surface area contributed by atoms with Crippen LogP contribution in [-0.4, -0.2) is 52.1 Å². The Hall–Kier alpha value is -2.72. The van der Waals surface area contributed by atoms with Gasteiger partial charge < -0.3 is 20.5 Å². The molecule has 1 amide bonds. The van der Waals surface area contributed by atoms with E-state index in [9.17, 15) is 4.79 Å². The van der Waals surface area contributed by atoms with E-state index >= 15 is 0 Å². The summed E-state index contributed by atoms with van der Waals surface area (Å²) in [4.78, 5) is 29.4. The van der Waals surface area contributed by atoms with Crippen LogP contribution in [-0.2, 0) is 10.3 Å². The van der Waals surface area contributed by atoms with E-state index in [1.807, 2.05) is 26.8 Å². The van der Waals surface area contributed by atoms with Gasteiger partial charge in [0.1, 0.15) is 12.3 Å². The minimum atomic E-state index is -0.454. The number of rotatable bonds is 7. The molecule has 2 aromatic heterocycles. The van der Waals surface area contributed by atoms with Crippen LogP contribution in [0.4, 0.5) is 5.69 Å². The van der Waals surface area contributed by atoms with Gasteiger partial charge in [-0.1, -0.05) is 25.6 Å². The molecule has 0 radical (unpaired) electrons. The van der Waals surface area contributed by atoms with Crippen molar-refractivity contribution in [1.29, 1.82) is 0 Å². The predicted octanol–water partition coefficient (Wildman–Crippen LogP) is 2.84. The van der Waals surface area contributed by atoms with Crippen LogP contribution in [0.5, 0.6) is 5.88 Å². The van der Waals surface area contributed by atoms with Crippen LogP contribution >= 0.6 is 11.8 Å². The Labute approximate surface area is 180 Å². The minimum Gasteiger partial charge on any atom is -0.474 e. The normalized spacial score (nSPS) is 17.9. The number of aromatic nitrogens is 3. The highest BCUT2D eigenvalue weighted by atomic mass is 32.2. The molecule has 0 saturated carbocycles. The molecular weight excluding hydrogens is 404 g/mol. The SMILES string of the molecule is CC.COCCOc1cnc(C(=O)Nc2cncc([C@]3(C)CCSC(N)=N3)c2)cn1. The third-order valence-electron chi connectivity index (χ3n) is 4.21. The van der Waals surface area contributed by atoms with Gasteiger partial charge >= 0.3 is 0 Å². The lowest BCUT2D eigenvalue weighted by Crippen LogP contribution is -2.29. The molecular formula is C20H28N6O3S. The van der Waals surface area contributed by atoms with Crippen LogP contribution in [0.2, 0.25) is 0 Å². The van der Waals surface area contributed by atoms with E-state index in [0.717, 1.165) is 17.7 Å². The summed E-state index contributed by atoms with van der Waals surface area (Å²) >= 11 is 1.54. The number of carbonyl (C=O) groups is 1. The summed E-state index contributed by atoms with van der Waals surface area (Å²) in [6, 6.07) is 1.85. The molecule has 2 aromatic rings. The van der Waals surface area contributed by atoms with Crippen LogP contribution in [0, 0.1) is 0 Å². The summed E-state index contributed by atoms with van der Waals surface area (Å²) < 4.78 is 10.2. The first kappa shape index (κ1) is 23.6. The molecule has 3 N–H and O–H groups in total. The van der Waals surface area contributed by atoms with Crippen molar-refractivity contribution in [1.82, 2.24) is 15.0 Å². The number of aliphatic imine (C=N–C) groups is 1. The molecule has 1 aliphatic rings. The molecule has 9 nitrogen and oxygen atoms in total. The van der Waals surface area contributed by atoms with E-state index in [4.69, 9.17) is 15.2 Å². The standard InChI is InChI=1S/C18H22N6O3S.C2H6/c1-18(3-6-28-17(19)24-18)12-7-13(9-20-8-12)23-16(25)14-10-22-15(11-21-14)27-5-4-26-2;1-2/h7-11H,3-6H2,1-2H3,(H2,19,24)(H,23,25);1-2H3/t18-;/m0./s1. The molecule has 0 saturated heterocycles. The first-order valence-electron chi connectivity index (χ1n) is 9.69. The smallest absolute Gasteiger partial charge is 0.275 e. The number of carbonyl (C=O) groups excluding carboxylic acids is 1. The highest BCUT2D eigenvalue weighted by Crippen LogP contribution is 2.35. The molecule has 30 heavy (non-hydrogen) atoms. The third kappa shape index (κ3) is 6.39. The summed E-state index contributed by atoms with van der Waals surface area (Å²) in [6.45, 7) is 6.82. The second-order valence-electron chi connectivity index (χ2n) is 6.32. The Balaban J connectivity index is 0.00000155. The fraction of sp³-hybridized carbons (Fsp3) is 0.450. The zero-order chi connectivity index (χ0) is 22.0. The fourth-order valence-electron chi connectivity index (χ4n) is 2.63. The third-order valence-corrected chi connectivity index (χ3v) is 5.01. The number of nitrogens with zero attached hydrogens (tertiary/aromatic N) is 4. The maximum Gasteiger partial charge on any atom is 0.275 e. The highest BCUT2D eigenvalue weighted by Gasteiger charge is 2.30. The van der Waals surface area contributed by atoms with Crippen LogP contribution in [0.1, 0.15) is 43.2 Å². The number of amides is 1. The van der Waals surface area contributed by atoms with Crippen molar-refractivity contribution >= 4 is 28.5 Å². The highest BCUT2D eigenvalue weighted by molar-refractivity contribution is 8.13. The number of ether oxygens (including phenoxy) is 2. The maximum absolute atomic E-state index is 12.5. The minimum absolute atomic E-state index is 0.173. The van der Waals surface area contributed by atoms with Crippen molar-refractivity contribution in [3.05, 3.63) is 42.1 Å². The Kier molecular flexibility index (Phi) is 9.00. The Morgan fingerprint density at radius 2 is 2.03 bits per heavy atom. The summed E-state index contributed by atoms with van der Waals surface area (Å²) in [5, 5.41) is 3.35. The number of methoxy groups -OCH3 is 1. The van der Waals surface area contributed by atoms with Crippen LogP contribution in [0.3, 0.4) is 0 Å². The van der Waals surface area contributed by atoms with Crippen molar-refractivity contribution in [3.8, 4) is 5.88 Å². The number of pyridine rings is 1. The maximum atomic E-state index is 12.5. The number of hydrogen-bond acceptors (Lipinski definition) is 9. The van der Waals surface area contributed by atoms with Crippen LogP contribution < -0.4 is 15.8 Å². The van der Waals surface area contributed by atoms with Gasteiger partial charge in [-0.2, -0.15) is 0 Å². The molecule has 3 heterocycles. The van der Waals surface area contributed by atoms with Gasteiger partial charge in [0, 0.05) is 19.1 Å². The number of amidine groups is 1. The van der Waals surface area contributed by atoms with Gasteiger partial charge in [0.2, 0.25) is 5.88 Å². The topological polar surface area (TPSA) is 125 Å². The predicted molar refractivity (Wildman–Crippen MR) is 119 cm³/mol. The molecule has 0 aromatic carbocycles. The molecule has 1 atom stereocenters. The summed E-state index contributed by atoms with van der Waals surface area (Å²) in [6.07, 6.45) is 6.92. The average Bonchev–Trinajstić information content (AvgIpc) is 2.76. The van der Waals surface area contributed by atoms with Crippen LogP contribution in [0.15, 0.2) is 35.8 Å². The lowest BCUT2D eigenvalue weighted by Gasteiger charge is -2.29. The molecule has 3 rings (SSSR count). The van der Waals surface area contributed by atoms with Crippen molar-refractivity contribution < 1.29 is 14.3 Å². The number of nitrogens with two attached hydrogens (primary N) is 1. The van der Waals surface area contributed by atoms with E-state index in [-0.39, 0.29) is 11.6 Å². The van der Waals surface area contributed by atoms with Gasteiger partial charge in [0.05, 0.1) is 36.4 Å². The molecule has 1 aliphatic heterocycles. The van der Waals surface area contributed by atoms with E-state index in [0.29, 0.717) is 29.9 Å². The Morgan fingerprint density at radius 3 is 2.70 bits per heavy atom. The second kappa shape index (κ2) is 11.5. The van der Waals surface area contributed by atoms with Gasteiger partial charge in [-0.05, 0) is 25.0 Å². The van der Waals surface area contributed by atoms with Gasteiger partial charge in [0.15, 0.2) is 5.17 Å². The molecule has 0 fully saturated rings. The number of thioether (sulfide) groups is 1. The van der Waals surface area contributed by atoms with Gasteiger partial charge in [-0.15, -0.1) is 0 Å². The monoisotopic (exact) mass is 432 g/mol. The number of hydrogen-bond donors (Lipinski definition) is 2. The zero-order valence-corrected chi connectivity index (χ0v) is 18.5. The van der Waals surface area contributed by atoms with E-state index in [1.165, 1.54) is 24.2 Å². The number of nitrogens with one attached hydrogen (secondary N) is 1. The van der Waals surface area contributed by atoms with E-state index in [2.05, 4.69) is 25.3 Å². The Bertz CT molecular complexity index is 862. The first-order chi connectivity index (χ1) is 14.5. The summed E-state index contributed by atoms with van der Waals surface area (Å²) in [5.41, 5.74) is 7.05. The van der Waals surface area contributed by atoms with Crippen molar-refractivity contribution in [2.45, 2.75) is 32.7 Å². The van der Waals surface area contributed by atoms with Gasteiger partial charge in [0.25, 0.3) is 5.91 Å². The second-order valence-corrected chi connectivity index (χ2v) is 7.44. The lowest BCUT2D eigenvalue weighted by molar-refractivity contribution is 0.102. The molecule has 0 bridgehead atoms. The number of anilines is 1. The van der Waals surface area contributed by atoms with Gasteiger partial charge in [-0.25, -0.2) is 9.97 Å². The van der Waals surface area contributed by atoms with Crippen molar-refractivity contribution in [2.75, 3.05) is 31.4 Å². The van der Waals surface area contributed by atoms with E-state index in [1.54, 1.807) is 19.5 Å². The van der Waals surface area contributed by atoms with Gasteiger partial charge in [-0.3, -0.25) is 14.8 Å². The fourth-order valence-corrected chi connectivity index (χ4v) is 3.60. The molecule has 10 heteroatoms. The molecule has 162 valence electrons. The van der Waals surface area contributed by atoms with Crippen molar-refractivity contribution in [3.63, 3.8) is 0 Å². The molecule has 0 unspecified atom stereocenters. The summed E-state index contributed by atoms with van der Waals surface area (Å²) in [5.74, 6) is 0.828. The Morgan fingerprint density at radius 1 is 1.23 bits per heavy atom. The van der Waals surface area contributed by atoms with Crippen molar-refractivity contribution in [2.24, 2.45) is 10.7 Å². The molecule has 0 spiro atoms. The summed E-state index contributed by atoms with van der Waals surface area (Å²) in [7, 11) is 1.58. The van der Waals surface area contributed by atoms with E-state index < -0.39 is 5.54 Å². The average molecular weight is 433 g/mol. The molecule has 0 aliphatic carbocycles. The quantitative estimate of drug-likeness (QED) is 0.640. The zero-order valence-electron chi connectivity index (χ0n) is 17.7.